The molecule has 24 heteroatoms. The Labute approximate surface area is 457 Å². The average molecular weight is 1110 g/mol. The molecule has 430 valence electrons. The Morgan fingerprint density at radius 2 is 1.47 bits per heavy atom. The summed E-state index contributed by atoms with van der Waals surface area (Å²) in [6.07, 6.45) is 1.94. The van der Waals surface area contributed by atoms with Gasteiger partial charge in [0.15, 0.2) is 11.6 Å². The third-order valence-corrected chi connectivity index (χ3v) is 12.6. The van der Waals surface area contributed by atoms with Crippen molar-refractivity contribution in [2.24, 2.45) is 17.1 Å². The van der Waals surface area contributed by atoms with Gasteiger partial charge in [0, 0.05) is 80.7 Å². The number of methoxy groups -OCH3 is 1. The van der Waals surface area contributed by atoms with E-state index < -0.39 is 132 Å². The minimum atomic E-state index is -1.71. The van der Waals surface area contributed by atoms with Crippen LogP contribution < -0.4 is 27.0 Å². The second-order valence-corrected chi connectivity index (χ2v) is 20.0. The first-order chi connectivity index (χ1) is 37.4. The van der Waals surface area contributed by atoms with Gasteiger partial charge >= 0.3 is 0 Å². The Morgan fingerprint density at radius 1 is 0.810 bits per heavy atom. The fraction of sp³-hybridized carbons (Fsp3) is 0.491. The number of ketones is 2. The number of nitrogens with one attached hydrogen (secondary N) is 4. The van der Waals surface area contributed by atoms with Gasteiger partial charge in [0.1, 0.15) is 36.9 Å². The lowest BCUT2D eigenvalue weighted by atomic mass is 9.82. The van der Waals surface area contributed by atoms with Crippen LogP contribution in [-0.2, 0) is 68.7 Å². The van der Waals surface area contributed by atoms with Crippen molar-refractivity contribution in [1.29, 1.82) is 0 Å². The molecule has 0 bridgehead atoms. The van der Waals surface area contributed by atoms with Crippen LogP contribution in [0.4, 0.5) is 8.78 Å². The Morgan fingerprint density at radius 3 is 2.11 bits per heavy atom. The molecule has 0 spiro atoms. The van der Waals surface area contributed by atoms with Crippen molar-refractivity contribution < 1.29 is 76.0 Å². The van der Waals surface area contributed by atoms with Gasteiger partial charge in [-0.25, -0.2) is 8.78 Å². The third-order valence-electron chi connectivity index (χ3n) is 12.6. The molecular formula is C55H72F2N8O14. The summed E-state index contributed by atoms with van der Waals surface area (Å²) in [6, 6.07) is 8.47. The van der Waals surface area contributed by atoms with E-state index in [-0.39, 0.29) is 69.8 Å². The summed E-state index contributed by atoms with van der Waals surface area (Å²) in [4.78, 5) is 133. The number of hydrogen-bond acceptors (Lipinski definition) is 14. The number of Topliss-reactive ketones (excluding diaryl/α,β-unsaturated/α-hetero) is 2. The molecule has 0 fully saturated rings. The fourth-order valence-electron chi connectivity index (χ4n) is 8.56. The molecule has 4 rings (SSSR count). The van der Waals surface area contributed by atoms with E-state index in [4.69, 9.17) is 19.9 Å². The molecule has 8 amide bonds. The summed E-state index contributed by atoms with van der Waals surface area (Å²) in [5, 5.41) is 20.6. The van der Waals surface area contributed by atoms with E-state index in [9.17, 15) is 57.4 Å². The summed E-state index contributed by atoms with van der Waals surface area (Å²) in [5.41, 5.74) is 6.08. The fourth-order valence-corrected chi connectivity index (χ4v) is 8.56. The van der Waals surface area contributed by atoms with Gasteiger partial charge in [0.25, 0.3) is 11.8 Å². The monoisotopic (exact) mass is 1110 g/mol. The number of hydrogen-bond donors (Lipinski definition) is 6. The summed E-state index contributed by atoms with van der Waals surface area (Å²) < 4.78 is 47.2. The molecule has 0 saturated heterocycles. The van der Waals surface area contributed by atoms with E-state index in [1.54, 1.807) is 37.6 Å². The zero-order valence-corrected chi connectivity index (χ0v) is 45.4. The lowest BCUT2D eigenvalue weighted by molar-refractivity contribution is -0.141. The van der Waals surface area contributed by atoms with E-state index >= 15 is 4.39 Å². The number of carbonyl (C=O) groups is 10. The quantitative estimate of drug-likeness (QED) is 0.0367. The first kappa shape index (κ1) is 64.0. The van der Waals surface area contributed by atoms with Crippen LogP contribution in [-0.4, -0.2) is 163 Å². The van der Waals surface area contributed by atoms with Crippen LogP contribution in [0.3, 0.4) is 0 Å². The predicted octanol–water partition coefficient (Wildman–Crippen LogP) is 1.79. The molecule has 2 aromatic carbocycles. The Balaban J connectivity index is 1.60. The number of primary amides is 1. The smallest absolute Gasteiger partial charge is 0.254 e. The van der Waals surface area contributed by atoms with Crippen molar-refractivity contribution in [1.82, 2.24) is 35.6 Å². The zero-order chi connectivity index (χ0) is 58.4. The number of aliphatic hydroxyl groups is 1. The van der Waals surface area contributed by atoms with Crippen LogP contribution in [0.2, 0.25) is 0 Å². The minimum absolute atomic E-state index is 0.0148. The summed E-state index contributed by atoms with van der Waals surface area (Å²) in [5.74, 6) is -10.1. The first-order valence-corrected chi connectivity index (χ1v) is 25.7. The highest BCUT2D eigenvalue weighted by Crippen LogP contribution is 2.41. The normalized spacial score (nSPS) is 14.2. The Bertz CT molecular complexity index is 2660. The molecule has 0 aliphatic carbocycles. The lowest BCUT2D eigenvalue weighted by Crippen LogP contribution is -2.56. The van der Waals surface area contributed by atoms with Gasteiger partial charge in [-0.1, -0.05) is 58.0 Å². The standard InChI is InChI=1S/C55H72F2N8O14/c1-34(25-45(68)35(2)60-47(70)33-79-24-23-78-22-21-77-6)52(74)62-43(28-46(58)69)54(76)61-42(53(75)59-19-10-13-39(67)31-65-48(71)16-17-49(65)72)18-20-64(50(73)32-66)51(55(3,4)5)44-26-37(40-27-38(56)14-15-41(40)57)30-63(44)29-36-11-8-7-9-12-36/h7-9,11-12,14-17,26-27,30,34-35,42-43,51,66H,10,13,18-25,28-29,31-33H2,1-6H3,(H2,58,69)(H,59,75)(H,60,70)(H,61,76)(H,62,74)/t34-,35-,42-,43-,51-/m0/s1. The maximum absolute atomic E-state index is 15.4. The molecule has 1 aromatic heterocycles. The van der Waals surface area contributed by atoms with Crippen molar-refractivity contribution in [3.63, 3.8) is 0 Å². The molecule has 0 unspecified atom stereocenters. The van der Waals surface area contributed by atoms with Crippen LogP contribution in [0.15, 0.2) is 72.9 Å². The van der Waals surface area contributed by atoms with Gasteiger partial charge in [-0.05, 0) is 55.0 Å². The number of aromatic nitrogens is 1. The van der Waals surface area contributed by atoms with Crippen molar-refractivity contribution in [3.05, 3.63) is 95.8 Å². The predicted molar refractivity (Wildman–Crippen MR) is 282 cm³/mol. The Kier molecular flexibility index (Phi) is 25.2. The molecule has 1 aliphatic rings. The van der Waals surface area contributed by atoms with Crippen LogP contribution >= 0.6 is 0 Å². The molecule has 5 atom stereocenters. The molecule has 7 N–H and O–H groups in total. The number of carbonyl (C=O) groups excluding carboxylic acids is 10. The molecule has 2 heterocycles. The van der Waals surface area contributed by atoms with Crippen LogP contribution in [0.25, 0.3) is 11.1 Å². The molecule has 3 aromatic rings. The number of halogens is 2. The molecular weight excluding hydrogens is 1030 g/mol. The average Bonchev–Trinajstić information content (AvgIpc) is 4.07. The lowest BCUT2D eigenvalue weighted by Gasteiger charge is -2.41. The van der Waals surface area contributed by atoms with E-state index in [2.05, 4.69) is 21.3 Å². The van der Waals surface area contributed by atoms with E-state index in [1.807, 2.05) is 30.3 Å². The topological polar surface area (TPSA) is 304 Å². The van der Waals surface area contributed by atoms with Crippen molar-refractivity contribution in [2.45, 2.75) is 97.4 Å². The largest absolute Gasteiger partial charge is 0.387 e. The summed E-state index contributed by atoms with van der Waals surface area (Å²) in [7, 11) is 1.52. The highest BCUT2D eigenvalue weighted by Gasteiger charge is 2.39. The van der Waals surface area contributed by atoms with Crippen LogP contribution in [0.5, 0.6) is 0 Å². The number of nitrogens with two attached hydrogens (primary N) is 1. The van der Waals surface area contributed by atoms with E-state index in [0.29, 0.717) is 18.9 Å². The minimum Gasteiger partial charge on any atom is -0.387 e. The second kappa shape index (κ2) is 31.2. The summed E-state index contributed by atoms with van der Waals surface area (Å²) in [6.45, 7) is 7.02. The second-order valence-electron chi connectivity index (χ2n) is 20.0. The van der Waals surface area contributed by atoms with Crippen LogP contribution in [0.1, 0.15) is 84.0 Å². The number of aliphatic hydroxyl groups excluding tert-OH is 1. The van der Waals surface area contributed by atoms with Gasteiger partial charge in [0.05, 0.1) is 51.5 Å². The van der Waals surface area contributed by atoms with Crippen molar-refractivity contribution in [3.8, 4) is 11.1 Å². The maximum atomic E-state index is 15.4. The maximum Gasteiger partial charge on any atom is 0.254 e. The van der Waals surface area contributed by atoms with E-state index in [1.165, 1.54) is 25.9 Å². The number of ether oxygens (including phenoxy) is 3. The first-order valence-electron chi connectivity index (χ1n) is 25.7. The summed E-state index contributed by atoms with van der Waals surface area (Å²) >= 11 is 0. The van der Waals surface area contributed by atoms with Crippen molar-refractivity contribution in [2.75, 3.05) is 66.4 Å². The molecule has 22 nitrogen and oxygen atoms in total. The van der Waals surface area contributed by atoms with Gasteiger partial charge in [-0.2, -0.15) is 0 Å². The highest BCUT2D eigenvalue weighted by atomic mass is 19.1. The van der Waals surface area contributed by atoms with Gasteiger partial charge in [0.2, 0.25) is 35.4 Å². The van der Waals surface area contributed by atoms with Gasteiger partial charge in [-0.3, -0.25) is 52.8 Å². The SMILES string of the molecule is COCCOCCOCC(=O)N[C@@H](C)C(=O)C[C@H](C)C(=O)N[C@@H](CC(N)=O)C(=O)N[C@@H](CCN(C(=O)CO)[C@@H](c1cc(-c2cc(F)ccc2F)cn1Cc1ccccc1)C(C)(C)C)C(=O)NCCCC(=O)CN1C(=O)C=CC1=O. The Hall–Kier alpha value is -7.54. The number of nitrogens with zero attached hydrogens (tertiary/aromatic N) is 3. The number of amides is 8. The van der Waals surface area contributed by atoms with Gasteiger partial charge in [-0.15, -0.1) is 0 Å². The zero-order valence-electron chi connectivity index (χ0n) is 45.4. The highest BCUT2D eigenvalue weighted by molar-refractivity contribution is 6.14. The van der Waals surface area contributed by atoms with Gasteiger partial charge < -0.3 is 55.8 Å². The molecule has 79 heavy (non-hydrogen) atoms. The third kappa shape index (κ3) is 20.3. The molecule has 0 radical (unpaired) electrons. The van der Waals surface area contributed by atoms with Crippen molar-refractivity contribution >= 4 is 58.8 Å². The number of benzene rings is 2. The van der Waals surface area contributed by atoms with E-state index in [0.717, 1.165) is 40.8 Å². The number of rotatable bonds is 34. The molecule has 0 saturated carbocycles. The number of imide groups is 1. The van der Waals surface area contributed by atoms with Crippen LogP contribution in [0, 0.1) is 23.0 Å². The molecule has 1 aliphatic heterocycles.